The molecule has 2 aromatic rings. The summed E-state index contributed by atoms with van der Waals surface area (Å²) in [5.74, 6) is -3.97. The monoisotopic (exact) mass is 440 g/mol. The highest BCUT2D eigenvalue weighted by Crippen LogP contribution is 2.33. The van der Waals surface area contributed by atoms with E-state index in [1.165, 1.54) is 0 Å². The topological polar surface area (TPSA) is 104 Å². The van der Waals surface area contributed by atoms with Crippen LogP contribution in [0.2, 0.25) is 0 Å². The average Bonchev–Trinajstić information content (AvgIpc) is 2.60. The third-order valence-electron chi connectivity index (χ3n) is 3.39. The number of carbonyl (C=O) groups is 2. The summed E-state index contributed by atoms with van der Waals surface area (Å²) in [5, 5.41) is 26.1. The smallest absolute Gasteiger partial charge is 0.416 e. The molecular weight excluding hydrogens is 426 g/mol. The maximum Gasteiger partial charge on any atom is 0.416 e. The molecule has 0 atom stereocenters. The molecule has 0 aliphatic carbocycles. The fourth-order valence-corrected chi connectivity index (χ4v) is 2.04. The Hall–Kier alpha value is -3.44. The summed E-state index contributed by atoms with van der Waals surface area (Å²) in [7, 11) is 0. The minimum absolute atomic E-state index is 0.0988. The number of ether oxygens (including phenoxy) is 1. The van der Waals surface area contributed by atoms with Crippen molar-refractivity contribution in [1.29, 1.82) is 0 Å². The summed E-state index contributed by atoms with van der Waals surface area (Å²) < 4.78 is 78.0. The third kappa shape index (κ3) is 6.57. The van der Waals surface area contributed by atoms with Gasteiger partial charge in [0.15, 0.2) is 0 Å². The van der Waals surface area contributed by atoms with Crippen molar-refractivity contribution < 1.29 is 56.0 Å². The zero-order valence-electron chi connectivity index (χ0n) is 15.0. The van der Waals surface area contributed by atoms with Crippen LogP contribution in [0.1, 0.15) is 38.8 Å². The maximum absolute atomic E-state index is 12.3. The number of rotatable bonds is 4. The zero-order chi connectivity index (χ0) is 23.3. The van der Waals surface area contributed by atoms with Crippen LogP contribution in [0, 0.1) is 0 Å². The van der Waals surface area contributed by atoms with Crippen molar-refractivity contribution in [1.82, 2.24) is 0 Å². The van der Waals surface area contributed by atoms with Gasteiger partial charge in [-0.3, -0.25) is 0 Å². The molecule has 12 heteroatoms. The highest BCUT2D eigenvalue weighted by Gasteiger charge is 2.32. The van der Waals surface area contributed by atoms with Gasteiger partial charge in [0.1, 0.15) is 22.6 Å². The normalized spacial score (nSPS) is 11.3. The number of aromatic hydroxyl groups is 1. The van der Waals surface area contributed by atoms with Crippen molar-refractivity contribution in [3.05, 3.63) is 58.7 Å². The maximum atomic E-state index is 12.3. The van der Waals surface area contributed by atoms with E-state index in [-0.39, 0.29) is 17.9 Å². The third-order valence-corrected chi connectivity index (χ3v) is 3.39. The Morgan fingerprint density at radius 2 is 1.27 bits per heavy atom. The molecule has 30 heavy (non-hydrogen) atoms. The lowest BCUT2D eigenvalue weighted by Crippen LogP contribution is -2.08. The molecule has 3 N–H and O–H groups in total. The van der Waals surface area contributed by atoms with Gasteiger partial charge >= 0.3 is 24.3 Å². The second kappa shape index (κ2) is 9.37. The fourth-order valence-electron chi connectivity index (χ4n) is 2.04. The Bertz CT molecular complexity index is 920. The van der Waals surface area contributed by atoms with Crippen LogP contribution in [-0.4, -0.2) is 33.9 Å². The van der Waals surface area contributed by atoms with Crippen LogP contribution in [0.15, 0.2) is 36.4 Å². The van der Waals surface area contributed by atoms with E-state index in [1.54, 1.807) is 6.92 Å². The van der Waals surface area contributed by atoms with Gasteiger partial charge in [-0.25, -0.2) is 9.59 Å². The summed E-state index contributed by atoms with van der Waals surface area (Å²) in [6.45, 7) is 1.66. The van der Waals surface area contributed by atoms with Gasteiger partial charge in [-0.1, -0.05) is 0 Å². The molecule has 0 radical (unpaired) electrons. The Labute approximate surface area is 164 Å². The van der Waals surface area contributed by atoms with Crippen LogP contribution in [0.25, 0.3) is 0 Å². The molecule has 2 rings (SSSR count). The predicted molar refractivity (Wildman–Crippen MR) is 89.6 cm³/mol. The number of alkyl halides is 6. The lowest BCUT2D eigenvalue weighted by Gasteiger charge is -2.11. The van der Waals surface area contributed by atoms with Crippen LogP contribution < -0.4 is 4.74 Å². The second-order valence-electron chi connectivity index (χ2n) is 5.48. The summed E-state index contributed by atoms with van der Waals surface area (Å²) in [6, 6.07) is 3.97. The van der Waals surface area contributed by atoms with Gasteiger partial charge in [-0.05, 0) is 43.3 Å². The van der Waals surface area contributed by atoms with E-state index in [9.17, 15) is 35.9 Å². The lowest BCUT2D eigenvalue weighted by atomic mass is 10.1. The van der Waals surface area contributed by atoms with Crippen molar-refractivity contribution in [2.24, 2.45) is 0 Å². The minimum atomic E-state index is -4.59. The molecule has 6 nitrogen and oxygen atoms in total. The zero-order valence-corrected chi connectivity index (χ0v) is 15.0. The summed E-state index contributed by atoms with van der Waals surface area (Å²) in [5.41, 5.74) is -2.85. The minimum Gasteiger partial charge on any atom is -0.507 e. The predicted octanol–water partition coefficient (Wildman–Crippen LogP) is 4.91. The van der Waals surface area contributed by atoms with Gasteiger partial charge in [0, 0.05) is 0 Å². The molecule has 2 aromatic carbocycles. The molecule has 0 amide bonds. The number of halogens is 6. The summed E-state index contributed by atoms with van der Waals surface area (Å²) in [6.07, 6.45) is -9.10. The molecule has 0 spiro atoms. The van der Waals surface area contributed by atoms with E-state index < -0.39 is 46.7 Å². The van der Waals surface area contributed by atoms with E-state index in [2.05, 4.69) is 0 Å². The Morgan fingerprint density at radius 3 is 1.63 bits per heavy atom. The van der Waals surface area contributed by atoms with Crippen LogP contribution in [-0.2, 0) is 12.4 Å². The molecule has 0 fully saturated rings. The Kier molecular flexibility index (Phi) is 7.68. The summed E-state index contributed by atoms with van der Waals surface area (Å²) >= 11 is 0. The van der Waals surface area contributed by atoms with Gasteiger partial charge in [0.05, 0.1) is 17.7 Å². The van der Waals surface area contributed by atoms with Crippen molar-refractivity contribution in [3.8, 4) is 11.5 Å². The first-order valence-corrected chi connectivity index (χ1v) is 7.89. The lowest BCUT2D eigenvalue weighted by molar-refractivity contribution is -0.138. The number of phenols is 1. The summed E-state index contributed by atoms with van der Waals surface area (Å²) in [4.78, 5) is 21.0. The second-order valence-corrected chi connectivity index (χ2v) is 5.48. The first-order chi connectivity index (χ1) is 13.7. The average molecular weight is 440 g/mol. The molecule has 0 saturated heterocycles. The molecule has 0 saturated carbocycles. The van der Waals surface area contributed by atoms with E-state index in [0.717, 1.165) is 6.07 Å². The number of hydrogen-bond donors (Lipinski definition) is 3. The van der Waals surface area contributed by atoms with Crippen molar-refractivity contribution in [2.75, 3.05) is 6.61 Å². The first kappa shape index (κ1) is 24.6. The standard InChI is InChI=1S/C10H9F3O3.C8H5F3O3/c1-2-16-8-5-6(10(11,12)13)3-4-7(8)9(14)15;9-8(10,11)4-1-2-5(7(13)14)6(12)3-4/h3-5H,2H2,1H3,(H,14,15);1-3,12H,(H,13,14). The van der Waals surface area contributed by atoms with Gasteiger partial charge in [-0.15, -0.1) is 0 Å². The quantitative estimate of drug-likeness (QED) is 0.584. The highest BCUT2D eigenvalue weighted by atomic mass is 19.4. The molecule has 0 aliphatic heterocycles. The van der Waals surface area contributed by atoms with Crippen LogP contribution >= 0.6 is 0 Å². The Morgan fingerprint density at radius 1 is 0.833 bits per heavy atom. The van der Waals surface area contributed by atoms with Crippen LogP contribution in [0.3, 0.4) is 0 Å². The fraction of sp³-hybridized carbons (Fsp3) is 0.222. The molecule has 0 unspecified atom stereocenters. The molecular formula is C18H14F6O6. The van der Waals surface area contributed by atoms with Crippen molar-refractivity contribution >= 4 is 11.9 Å². The Balaban J connectivity index is 0.000000303. The first-order valence-electron chi connectivity index (χ1n) is 7.89. The van der Waals surface area contributed by atoms with Crippen molar-refractivity contribution in [2.45, 2.75) is 19.3 Å². The van der Waals surface area contributed by atoms with E-state index in [1.807, 2.05) is 0 Å². The van der Waals surface area contributed by atoms with Gasteiger partial charge in [0.2, 0.25) is 0 Å². The number of aromatic carboxylic acids is 2. The number of benzene rings is 2. The van der Waals surface area contributed by atoms with Gasteiger partial charge < -0.3 is 20.1 Å². The number of hydrogen-bond acceptors (Lipinski definition) is 4. The van der Waals surface area contributed by atoms with E-state index in [4.69, 9.17) is 20.1 Å². The van der Waals surface area contributed by atoms with Crippen LogP contribution in [0.4, 0.5) is 26.3 Å². The molecule has 0 bridgehead atoms. The molecule has 0 heterocycles. The SMILES string of the molecule is CCOc1cc(C(F)(F)F)ccc1C(=O)O.O=C(O)c1ccc(C(F)(F)F)cc1O. The van der Waals surface area contributed by atoms with Crippen LogP contribution in [0.5, 0.6) is 11.5 Å². The molecule has 164 valence electrons. The van der Waals surface area contributed by atoms with Crippen molar-refractivity contribution in [3.63, 3.8) is 0 Å². The molecule has 0 aromatic heterocycles. The molecule has 0 aliphatic rings. The van der Waals surface area contributed by atoms with E-state index >= 15 is 0 Å². The highest BCUT2D eigenvalue weighted by molar-refractivity contribution is 5.91. The largest absolute Gasteiger partial charge is 0.507 e. The van der Waals surface area contributed by atoms with Gasteiger partial charge in [-0.2, -0.15) is 26.3 Å². The van der Waals surface area contributed by atoms with E-state index in [0.29, 0.717) is 30.3 Å². The van der Waals surface area contributed by atoms with Gasteiger partial charge in [0.25, 0.3) is 0 Å². The number of carboxylic acid groups (broad SMARTS) is 2. The number of carboxylic acids is 2.